The predicted octanol–water partition coefficient (Wildman–Crippen LogP) is 3.93. The van der Waals surface area contributed by atoms with Crippen LogP contribution < -0.4 is 10.5 Å². The minimum Gasteiger partial charge on any atom is -0.479 e. The van der Waals surface area contributed by atoms with Crippen LogP contribution in [0.25, 0.3) is 0 Å². The average molecular weight is 320 g/mol. The van der Waals surface area contributed by atoms with Crippen molar-refractivity contribution in [2.75, 3.05) is 13.2 Å². The van der Waals surface area contributed by atoms with Crippen LogP contribution in [0.1, 0.15) is 11.1 Å². The van der Waals surface area contributed by atoms with Crippen molar-refractivity contribution in [1.29, 1.82) is 0 Å². The number of halogens is 2. The second kappa shape index (κ2) is 7.95. The fraction of sp³-hybridized carbons (Fsp3) is 0.176. The van der Waals surface area contributed by atoms with Gasteiger partial charge >= 0.3 is 0 Å². The van der Waals surface area contributed by atoms with Gasteiger partial charge in [-0.3, -0.25) is 0 Å². The average Bonchev–Trinajstić information content (AvgIpc) is 2.47. The molecule has 0 saturated carbocycles. The van der Waals surface area contributed by atoms with Crippen molar-refractivity contribution in [1.82, 2.24) is 0 Å². The first-order valence-corrected chi connectivity index (χ1v) is 7.31. The van der Waals surface area contributed by atoms with E-state index in [0.717, 1.165) is 11.1 Å². The maximum atomic E-state index is 6.17. The van der Waals surface area contributed by atoms with E-state index in [0.29, 0.717) is 28.8 Å². The zero-order valence-electron chi connectivity index (χ0n) is 11.4. The fourth-order valence-corrected chi connectivity index (χ4v) is 2.47. The van der Waals surface area contributed by atoms with Gasteiger partial charge in [0.1, 0.15) is 12.4 Å². The summed E-state index contributed by atoms with van der Waals surface area (Å²) in [6.45, 7) is 0.760. The van der Waals surface area contributed by atoms with E-state index in [1.54, 1.807) is 6.07 Å². The molecule has 0 bridgehead atoms. The Hall–Kier alpha value is -1.66. The molecule has 0 aromatic heterocycles. The maximum Gasteiger partial charge on any atom is 0.149 e. The van der Waals surface area contributed by atoms with E-state index in [1.807, 2.05) is 36.4 Å². The van der Waals surface area contributed by atoms with E-state index < -0.39 is 0 Å². The van der Waals surface area contributed by atoms with E-state index >= 15 is 0 Å². The van der Waals surface area contributed by atoms with Gasteiger partial charge in [0.05, 0.1) is 5.02 Å². The summed E-state index contributed by atoms with van der Waals surface area (Å²) < 4.78 is 5.68. The van der Waals surface area contributed by atoms with Crippen molar-refractivity contribution in [3.63, 3.8) is 0 Å². The van der Waals surface area contributed by atoms with E-state index in [-0.39, 0.29) is 6.61 Å². The normalized spacial score (nSPS) is 9.86. The van der Waals surface area contributed by atoms with Crippen LogP contribution in [0.15, 0.2) is 42.5 Å². The van der Waals surface area contributed by atoms with Gasteiger partial charge in [-0.25, -0.2) is 0 Å². The van der Waals surface area contributed by atoms with Crippen molar-refractivity contribution < 1.29 is 4.74 Å². The number of benzene rings is 2. The van der Waals surface area contributed by atoms with Gasteiger partial charge in [0, 0.05) is 10.6 Å². The minimum absolute atomic E-state index is 0.258. The first kappa shape index (κ1) is 15.7. The van der Waals surface area contributed by atoms with E-state index in [9.17, 15) is 0 Å². The number of rotatable bonds is 4. The second-order valence-electron chi connectivity index (χ2n) is 4.37. The molecule has 2 aromatic carbocycles. The van der Waals surface area contributed by atoms with Crippen LogP contribution in [-0.4, -0.2) is 13.2 Å². The van der Waals surface area contributed by atoms with Crippen LogP contribution in [0.3, 0.4) is 0 Å². The molecule has 0 saturated heterocycles. The van der Waals surface area contributed by atoms with Crippen LogP contribution in [0.4, 0.5) is 0 Å². The standard InChI is InChI=1S/C17H15Cl2NO/c18-15-11-14(8-9-20)17(16(19)12-15)21-10-4-7-13-5-2-1-3-6-13/h1-3,5-6,11-12H,8-10,20H2. The molecule has 0 radical (unpaired) electrons. The lowest BCUT2D eigenvalue weighted by molar-refractivity contribution is 0.366. The Morgan fingerprint density at radius 1 is 1.10 bits per heavy atom. The highest BCUT2D eigenvalue weighted by molar-refractivity contribution is 6.35. The molecule has 0 amide bonds. The molecule has 0 aliphatic carbocycles. The molecular formula is C17H15Cl2NO. The van der Waals surface area contributed by atoms with E-state index in [1.165, 1.54) is 0 Å². The molecule has 0 heterocycles. The van der Waals surface area contributed by atoms with Crippen LogP contribution in [0.5, 0.6) is 5.75 Å². The topological polar surface area (TPSA) is 35.2 Å². The molecule has 0 spiro atoms. The molecule has 108 valence electrons. The first-order valence-electron chi connectivity index (χ1n) is 6.55. The molecule has 0 atom stereocenters. The third kappa shape index (κ3) is 4.68. The van der Waals surface area contributed by atoms with Gasteiger partial charge in [-0.15, -0.1) is 0 Å². The lowest BCUT2D eigenvalue weighted by Crippen LogP contribution is -2.06. The van der Waals surface area contributed by atoms with Crippen LogP contribution in [0, 0.1) is 11.8 Å². The van der Waals surface area contributed by atoms with Gasteiger partial charge < -0.3 is 10.5 Å². The summed E-state index contributed by atoms with van der Waals surface area (Å²) in [5, 5.41) is 1.05. The Morgan fingerprint density at radius 2 is 1.86 bits per heavy atom. The molecule has 2 aromatic rings. The monoisotopic (exact) mass is 319 g/mol. The van der Waals surface area contributed by atoms with Crippen LogP contribution in [-0.2, 0) is 6.42 Å². The van der Waals surface area contributed by atoms with Crippen molar-refractivity contribution in [2.45, 2.75) is 6.42 Å². The van der Waals surface area contributed by atoms with Gasteiger partial charge in [0.25, 0.3) is 0 Å². The van der Waals surface area contributed by atoms with Gasteiger partial charge in [0.2, 0.25) is 0 Å². The third-order valence-electron chi connectivity index (χ3n) is 2.79. The Kier molecular flexibility index (Phi) is 5.95. The van der Waals surface area contributed by atoms with Crippen molar-refractivity contribution in [3.8, 4) is 17.6 Å². The maximum absolute atomic E-state index is 6.17. The summed E-state index contributed by atoms with van der Waals surface area (Å²) in [4.78, 5) is 0. The number of ether oxygens (including phenoxy) is 1. The molecule has 2 N–H and O–H groups in total. The Bertz CT molecular complexity index is 660. The largest absolute Gasteiger partial charge is 0.479 e. The fourth-order valence-electron chi connectivity index (χ4n) is 1.88. The Labute approximate surface area is 134 Å². The summed E-state index contributed by atoms with van der Waals surface area (Å²) in [5.74, 6) is 6.60. The second-order valence-corrected chi connectivity index (χ2v) is 5.21. The molecule has 0 aliphatic rings. The van der Waals surface area contributed by atoms with Crippen molar-refractivity contribution in [3.05, 3.63) is 63.6 Å². The van der Waals surface area contributed by atoms with Gasteiger partial charge in [-0.05, 0) is 42.8 Å². The molecule has 0 unspecified atom stereocenters. The van der Waals surface area contributed by atoms with Gasteiger partial charge in [0.15, 0.2) is 0 Å². The highest BCUT2D eigenvalue weighted by Gasteiger charge is 2.09. The lowest BCUT2D eigenvalue weighted by Gasteiger charge is -2.11. The molecule has 0 aliphatic heterocycles. The smallest absolute Gasteiger partial charge is 0.149 e. The zero-order valence-corrected chi connectivity index (χ0v) is 12.9. The Morgan fingerprint density at radius 3 is 2.57 bits per heavy atom. The SMILES string of the molecule is NCCc1cc(Cl)cc(Cl)c1OCC#Cc1ccccc1. The predicted molar refractivity (Wildman–Crippen MR) is 88.0 cm³/mol. The zero-order chi connectivity index (χ0) is 15.1. The van der Waals surface area contributed by atoms with Crippen molar-refractivity contribution >= 4 is 23.2 Å². The quantitative estimate of drug-likeness (QED) is 0.867. The van der Waals surface area contributed by atoms with Gasteiger partial charge in [-0.2, -0.15) is 0 Å². The summed E-state index contributed by atoms with van der Waals surface area (Å²) >= 11 is 12.2. The van der Waals surface area contributed by atoms with Crippen LogP contribution >= 0.6 is 23.2 Å². The molecule has 4 heteroatoms. The number of hydrogen-bond donors (Lipinski definition) is 1. The highest BCUT2D eigenvalue weighted by Crippen LogP contribution is 2.32. The lowest BCUT2D eigenvalue weighted by atomic mass is 10.1. The van der Waals surface area contributed by atoms with Gasteiger partial charge in [-0.1, -0.05) is 53.2 Å². The Balaban J connectivity index is 2.08. The minimum atomic E-state index is 0.258. The van der Waals surface area contributed by atoms with Crippen LogP contribution in [0.2, 0.25) is 10.0 Å². The highest BCUT2D eigenvalue weighted by atomic mass is 35.5. The number of nitrogens with two attached hydrogens (primary N) is 1. The summed E-state index contributed by atoms with van der Waals surface area (Å²) in [6, 6.07) is 13.2. The molecule has 21 heavy (non-hydrogen) atoms. The molecular weight excluding hydrogens is 305 g/mol. The molecule has 2 rings (SSSR count). The molecule has 2 nitrogen and oxygen atoms in total. The van der Waals surface area contributed by atoms with Crippen molar-refractivity contribution in [2.24, 2.45) is 5.73 Å². The third-order valence-corrected chi connectivity index (χ3v) is 3.29. The molecule has 0 fully saturated rings. The summed E-state index contributed by atoms with van der Waals surface area (Å²) in [5.41, 5.74) is 7.44. The van der Waals surface area contributed by atoms with E-state index in [4.69, 9.17) is 33.7 Å². The first-order chi connectivity index (χ1) is 10.2. The van der Waals surface area contributed by atoms with E-state index in [2.05, 4.69) is 11.8 Å². The summed E-state index contributed by atoms with van der Waals surface area (Å²) in [7, 11) is 0. The number of hydrogen-bond acceptors (Lipinski definition) is 2. The summed E-state index contributed by atoms with van der Waals surface area (Å²) in [6.07, 6.45) is 0.654.